The van der Waals surface area contributed by atoms with Crippen LogP contribution < -0.4 is 10.6 Å². The monoisotopic (exact) mass is 210 g/mol. The Kier molecular flexibility index (Phi) is 5.40. The first kappa shape index (κ1) is 12.2. The smallest absolute Gasteiger partial charge is 0.234 e. The summed E-state index contributed by atoms with van der Waals surface area (Å²) in [4.78, 5) is 11.3. The molecule has 0 radical (unpaired) electrons. The fourth-order valence-electron chi connectivity index (χ4n) is 2.12. The van der Waals surface area contributed by atoms with E-state index >= 15 is 0 Å². The highest BCUT2D eigenvalue weighted by Crippen LogP contribution is 2.27. The summed E-state index contributed by atoms with van der Waals surface area (Å²) in [6, 6.07) is 0.546. The minimum atomic E-state index is 0.0647. The van der Waals surface area contributed by atoms with E-state index in [9.17, 15) is 4.79 Å². The van der Waals surface area contributed by atoms with E-state index in [4.69, 9.17) is 0 Å². The molecule has 3 nitrogen and oxygen atoms in total. The first-order valence-electron chi connectivity index (χ1n) is 5.87. The summed E-state index contributed by atoms with van der Waals surface area (Å²) in [6.07, 6.45) is 6.71. The summed E-state index contributed by atoms with van der Waals surface area (Å²) in [5.41, 5.74) is 0. The van der Waals surface area contributed by atoms with Crippen molar-refractivity contribution in [1.29, 1.82) is 0 Å². The predicted molar refractivity (Wildman–Crippen MR) is 62.6 cm³/mol. The van der Waals surface area contributed by atoms with Crippen molar-refractivity contribution in [2.45, 2.75) is 38.6 Å². The Morgan fingerprint density at radius 1 is 1.53 bits per heavy atom. The molecule has 2 atom stereocenters. The van der Waals surface area contributed by atoms with Crippen molar-refractivity contribution in [2.24, 2.45) is 5.92 Å². The zero-order valence-electron chi connectivity index (χ0n) is 9.59. The van der Waals surface area contributed by atoms with Gasteiger partial charge in [-0.2, -0.15) is 0 Å². The molecule has 0 aromatic heterocycles. The average Bonchev–Trinajstić information content (AvgIpc) is 2.71. The molecule has 0 aliphatic heterocycles. The molecule has 1 amide bonds. The van der Waals surface area contributed by atoms with Crippen molar-refractivity contribution >= 4 is 5.91 Å². The molecule has 1 saturated carbocycles. The molecule has 0 bridgehead atoms. The van der Waals surface area contributed by atoms with Crippen molar-refractivity contribution in [1.82, 2.24) is 10.6 Å². The van der Waals surface area contributed by atoms with Gasteiger partial charge in [0.25, 0.3) is 0 Å². The third-order valence-electron chi connectivity index (χ3n) is 3.11. The van der Waals surface area contributed by atoms with Crippen molar-refractivity contribution in [3.63, 3.8) is 0 Å². The van der Waals surface area contributed by atoms with Crippen molar-refractivity contribution < 1.29 is 4.79 Å². The van der Waals surface area contributed by atoms with Gasteiger partial charge in [0, 0.05) is 12.6 Å². The Bertz CT molecular complexity index is 216. The maximum absolute atomic E-state index is 11.3. The average molecular weight is 210 g/mol. The largest absolute Gasteiger partial charge is 0.352 e. The zero-order valence-corrected chi connectivity index (χ0v) is 9.59. The topological polar surface area (TPSA) is 41.1 Å². The van der Waals surface area contributed by atoms with E-state index in [0.29, 0.717) is 19.1 Å². The first-order chi connectivity index (χ1) is 7.26. The summed E-state index contributed by atoms with van der Waals surface area (Å²) in [6.45, 7) is 6.79. The SMILES string of the molecule is C=CCNC(=O)CNC1CCC(CC)C1. The van der Waals surface area contributed by atoms with Crippen LogP contribution in [-0.4, -0.2) is 25.0 Å². The Labute approximate surface area is 92.3 Å². The van der Waals surface area contributed by atoms with Crippen molar-refractivity contribution in [3.05, 3.63) is 12.7 Å². The summed E-state index contributed by atoms with van der Waals surface area (Å²) >= 11 is 0. The highest BCUT2D eigenvalue weighted by atomic mass is 16.1. The maximum atomic E-state index is 11.3. The second-order valence-corrected chi connectivity index (χ2v) is 4.26. The van der Waals surface area contributed by atoms with Crippen LogP contribution in [-0.2, 0) is 4.79 Å². The zero-order chi connectivity index (χ0) is 11.1. The van der Waals surface area contributed by atoms with Gasteiger partial charge in [-0.25, -0.2) is 0 Å². The Morgan fingerprint density at radius 2 is 2.33 bits per heavy atom. The van der Waals surface area contributed by atoms with Gasteiger partial charge in [0.15, 0.2) is 0 Å². The summed E-state index contributed by atoms with van der Waals surface area (Å²) in [5.74, 6) is 0.925. The Balaban J connectivity index is 2.10. The molecule has 15 heavy (non-hydrogen) atoms. The molecule has 0 spiro atoms. The first-order valence-corrected chi connectivity index (χ1v) is 5.87. The van der Waals surface area contributed by atoms with E-state index in [2.05, 4.69) is 24.1 Å². The van der Waals surface area contributed by atoms with Gasteiger partial charge >= 0.3 is 0 Å². The summed E-state index contributed by atoms with van der Waals surface area (Å²) in [7, 11) is 0. The highest BCUT2D eigenvalue weighted by Gasteiger charge is 2.22. The minimum Gasteiger partial charge on any atom is -0.352 e. The number of hydrogen-bond donors (Lipinski definition) is 2. The van der Waals surface area contributed by atoms with Crippen LogP contribution in [0.1, 0.15) is 32.6 Å². The molecule has 0 aromatic carbocycles. The van der Waals surface area contributed by atoms with E-state index in [0.717, 1.165) is 5.92 Å². The van der Waals surface area contributed by atoms with Gasteiger partial charge in [-0.15, -0.1) is 6.58 Å². The van der Waals surface area contributed by atoms with Crippen LogP contribution in [0.15, 0.2) is 12.7 Å². The van der Waals surface area contributed by atoms with Crippen LogP contribution >= 0.6 is 0 Å². The predicted octanol–water partition coefficient (Wildman–Crippen LogP) is 1.46. The number of nitrogens with one attached hydrogen (secondary N) is 2. The molecule has 1 fully saturated rings. The van der Waals surface area contributed by atoms with Crippen LogP contribution in [0.5, 0.6) is 0 Å². The van der Waals surface area contributed by atoms with Gasteiger partial charge in [-0.05, 0) is 25.2 Å². The van der Waals surface area contributed by atoms with Gasteiger partial charge < -0.3 is 10.6 Å². The fraction of sp³-hybridized carbons (Fsp3) is 0.750. The van der Waals surface area contributed by atoms with Crippen LogP contribution in [0.3, 0.4) is 0 Å². The fourth-order valence-corrected chi connectivity index (χ4v) is 2.12. The lowest BCUT2D eigenvalue weighted by atomic mass is 10.1. The van der Waals surface area contributed by atoms with Crippen LogP contribution in [0, 0.1) is 5.92 Å². The maximum Gasteiger partial charge on any atom is 0.234 e. The van der Waals surface area contributed by atoms with Crippen LogP contribution in [0.4, 0.5) is 0 Å². The van der Waals surface area contributed by atoms with Gasteiger partial charge in [0.05, 0.1) is 6.54 Å². The van der Waals surface area contributed by atoms with Crippen LogP contribution in [0.25, 0.3) is 0 Å². The van der Waals surface area contributed by atoms with Crippen molar-refractivity contribution in [3.8, 4) is 0 Å². The summed E-state index contributed by atoms with van der Waals surface area (Å²) in [5, 5.41) is 6.07. The van der Waals surface area contributed by atoms with E-state index in [1.165, 1.54) is 25.7 Å². The molecule has 3 heteroatoms. The van der Waals surface area contributed by atoms with Gasteiger partial charge in [0.2, 0.25) is 5.91 Å². The molecule has 0 heterocycles. The third-order valence-corrected chi connectivity index (χ3v) is 3.11. The Hall–Kier alpha value is -0.830. The van der Waals surface area contributed by atoms with E-state index in [1.807, 2.05) is 0 Å². The second kappa shape index (κ2) is 6.62. The molecule has 1 rings (SSSR count). The lowest BCUT2D eigenvalue weighted by Gasteiger charge is -2.12. The third kappa shape index (κ3) is 4.47. The number of rotatable bonds is 6. The summed E-state index contributed by atoms with van der Waals surface area (Å²) < 4.78 is 0. The van der Waals surface area contributed by atoms with E-state index in [-0.39, 0.29) is 5.91 Å². The van der Waals surface area contributed by atoms with Gasteiger partial charge in [-0.1, -0.05) is 19.4 Å². The molecule has 0 saturated heterocycles. The molecule has 2 N–H and O–H groups in total. The minimum absolute atomic E-state index is 0.0647. The molecule has 1 aliphatic rings. The highest BCUT2D eigenvalue weighted by molar-refractivity contribution is 5.78. The number of carbonyl (C=O) groups is 1. The molecule has 1 aliphatic carbocycles. The Morgan fingerprint density at radius 3 is 2.93 bits per heavy atom. The molecular weight excluding hydrogens is 188 g/mol. The van der Waals surface area contributed by atoms with Crippen molar-refractivity contribution in [2.75, 3.05) is 13.1 Å². The second-order valence-electron chi connectivity index (χ2n) is 4.26. The van der Waals surface area contributed by atoms with Gasteiger partial charge in [0.1, 0.15) is 0 Å². The molecule has 0 aromatic rings. The standard InChI is InChI=1S/C12H22N2O/c1-3-7-13-12(15)9-14-11-6-5-10(4-2)8-11/h3,10-11,14H,1,4-9H2,2H3,(H,13,15). The normalized spacial score (nSPS) is 25.1. The molecule has 2 unspecified atom stereocenters. The van der Waals surface area contributed by atoms with E-state index in [1.54, 1.807) is 6.08 Å². The van der Waals surface area contributed by atoms with E-state index < -0.39 is 0 Å². The van der Waals surface area contributed by atoms with Gasteiger partial charge in [-0.3, -0.25) is 4.79 Å². The molecular formula is C12H22N2O. The number of amides is 1. The number of carbonyl (C=O) groups excluding carboxylic acids is 1. The lowest BCUT2D eigenvalue weighted by Crippen LogP contribution is -2.38. The quantitative estimate of drug-likeness (QED) is 0.652. The molecule has 86 valence electrons. The number of hydrogen-bond acceptors (Lipinski definition) is 2. The lowest BCUT2D eigenvalue weighted by molar-refractivity contribution is -0.120. The van der Waals surface area contributed by atoms with Crippen LogP contribution in [0.2, 0.25) is 0 Å².